The van der Waals surface area contributed by atoms with Crippen molar-refractivity contribution in [1.29, 1.82) is 0 Å². The fourth-order valence-corrected chi connectivity index (χ4v) is 4.62. The predicted octanol–water partition coefficient (Wildman–Crippen LogP) is 4.25. The summed E-state index contributed by atoms with van der Waals surface area (Å²) in [6, 6.07) is 15.9. The molecule has 1 aliphatic heterocycles. The van der Waals surface area contributed by atoms with Crippen molar-refractivity contribution in [3.63, 3.8) is 0 Å². The second kappa shape index (κ2) is 8.00. The number of nitrogens with zero attached hydrogens (tertiary/aromatic N) is 2. The third kappa shape index (κ3) is 4.42. The Labute approximate surface area is 177 Å². The summed E-state index contributed by atoms with van der Waals surface area (Å²) in [6.45, 7) is 0. The zero-order valence-electron chi connectivity index (χ0n) is 15.9. The summed E-state index contributed by atoms with van der Waals surface area (Å²) < 4.78 is 38.5. The molecule has 1 aliphatic rings. The largest absolute Gasteiger partial charge is 0.284 e. The summed E-state index contributed by atoms with van der Waals surface area (Å²) in [7, 11) is -3.36. The Bertz CT molecular complexity index is 1190. The monoisotopic (exact) mass is 443 g/mol. The molecule has 0 spiro atoms. The van der Waals surface area contributed by atoms with Crippen LogP contribution < -0.4 is 4.72 Å². The number of thiophene rings is 1. The van der Waals surface area contributed by atoms with Crippen molar-refractivity contribution in [2.24, 2.45) is 5.10 Å². The van der Waals surface area contributed by atoms with Gasteiger partial charge in [-0.05, 0) is 53.4 Å². The van der Waals surface area contributed by atoms with Gasteiger partial charge < -0.3 is 0 Å². The van der Waals surface area contributed by atoms with E-state index in [1.165, 1.54) is 29.3 Å². The van der Waals surface area contributed by atoms with Gasteiger partial charge in [-0.15, -0.1) is 11.3 Å². The average molecular weight is 444 g/mol. The van der Waals surface area contributed by atoms with Crippen molar-refractivity contribution in [1.82, 2.24) is 5.01 Å². The Kier molecular flexibility index (Phi) is 5.40. The van der Waals surface area contributed by atoms with E-state index >= 15 is 0 Å². The van der Waals surface area contributed by atoms with Crippen LogP contribution in [0.25, 0.3) is 0 Å². The van der Waals surface area contributed by atoms with Crippen molar-refractivity contribution >= 4 is 38.7 Å². The summed E-state index contributed by atoms with van der Waals surface area (Å²) >= 11 is 1.54. The zero-order chi connectivity index (χ0) is 21.3. The third-order valence-electron chi connectivity index (χ3n) is 4.60. The predicted molar refractivity (Wildman–Crippen MR) is 116 cm³/mol. The van der Waals surface area contributed by atoms with Crippen LogP contribution in [0.1, 0.15) is 33.3 Å². The highest BCUT2D eigenvalue weighted by Gasteiger charge is 2.34. The fourth-order valence-electron chi connectivity index (χ4n) is 3.24. The molecule has 154 valence electrons. The molecule has 1 amide bonds. The van der Waals surface area contributed by atoms with Crippen LogP contribution in [0.15, 0.2) is 71.1 Å². The van der Waals surface area contributed by atoms with Crippen LogP contribution in [-0.2, 0) is 10.0 Å². The summed E-state index contributed by atoms with van der Waals surface area (Å²) in [5.74, 6) is -0.714. The van der Waals surface area contributed by atoms with E-state index in [9.17, 15) is 17.6 Å². The molecule has 0 bridgehead atoms. The van der Waals surface area contributed by atoms with Gasteiger partial charge in [0.25, 0.3) is 5.91 Å². The normalized spacial score (nSPS) is 16.4. The van der Waals surface area contributed by atoms with Crippen LogP contribution >= 0.6 is 11.3 Å². The molecule has 3 aromatic rings. The number of amides is 1. The smallest absolute Gasteiger partial charge is 0.274 e. The van der Waals surface area contributed by atoms with Crippen LogP contribution in [0.5, 0.6) is 0 Å². The molecular weight excluding hydrogens is 425 g/mol. The Morgan fingerprint density at radius 2 is 1.83 bits per heavy atom. The van der Waals surface area contributed by atoms with Gasteiger partial charge in [0.1, 0.15) is 5.82 Å². The maximum Gasteiger partial charge on any atom is 0.274 e. The molecule has 0 fully saturated rings. The number of nitrogens with one attached hydrogen (secondary N) is 1. The average Bonchev–Trinajstić information content (AvgIpc) is 3.37. The number of rotatable bonds is 5. The van der Waals surface area contributed by atoms with Gasteiger partial charge in [-0.25, -0.2) is 17.8 Å². The number of sulfonamides is 1. The SMILES string of the molecule is CS(=O)(=O)Nc1ccc(C2=NN(C(=O)c3ccc(F)cc3)C(c3cccs3)C2)cc1. The minimum Gasteiger partial charge on any atom is -0.284 e. The lowest BCUT2D eigenvalue weighted by atomic mass is 10.0. The topological polar surface area (TPSA) is 78.8 Å². The minimum atomic E-state index is -3.36. The molecule has 30 heavy (non-hydrogen) atoms. The Morgan fingerprint density at radius 1 is 1.13 bits per heavy atom. The molecule has 6 nitrogen and oxygen atoms in total. The highest BCUT2D eigenvalue weighted by atomic mass is 32.2. The number of halogens is 1. The molecule has 2 aromatic carbocycles. The third-order valence-corrected chi connectivity index (χ3v) is 6.18. The van der Waals surface area contributed by atoms with E-state index in [1.54, 1.807) is 35.6 Å². The first kappa shape index (κ1) is 20.2. The first-order valence-corrected chi connectivity index (χ1v) is 11.9. The summed E-state index contributed by atoms with van der Waals surface area (Å²) in [5.41, 5.74) is 2.32. The number of anilines is 1. The summed E-state index contributed by atoms with van der Waals surface area (Å²) in [4.78, 5) is 14.1. The maximum atomic E-state index is 13.3. The van der Waals surface area contributed by atoms with E-state index in [2.05, 4.69) is 9.82 Å². The van der Waals surface area contributed by atoms with Gasteiger partial charge in [0.05, 0.1) is 18.0 Å². The van der Waals surface area contributed by atoms with Gasteiger partial charge in [-0.1, -0.05) is 18.2 Å². The van der Waals surface area contributed by atoms with E-state index in [0.29, 0.717) is 17.7 Å². The lowest BCUT2D eigenvalue weighted by Crippen LogP contribution is -2.26. The molecule has 2 heterocycles. The minimum absolute atomic E-state index is 0.258. The van der Waals surface area contributed by atoms with Crippen LogP contribution in [0.4, 0.5) is 10.1 Å². The number of carbonyl (C=O) groups is 1. The molecule has 1 N–H and O–H groups in total. The van der Waals surface area contributed by atoms with Gasteiger partial charge in [-0.2, -0.15) is 5.10 Å². The number of hydrazone groups is 1. The molecule has 1 atom stereocenters. The van der Waals surface area contributed by atoms with Gasteiger partial charge in [0, 0.05) is 22.5 Å². The van der Waals surface area contributed by atoms with E-state index < -0.39 is 15.8 Å². The van der Waals surface area contributed by atoms with Gasteiger partial charge in [0.2, 0.25) is 10.0 Å². The lowest BCUT2D eigenvalue weighted by Gasteiger charge is -2.20. The second-order valence-electron chi connectivity index (χ2n) is 6.89. The van der Waals surface area contributed by atoms with Crippen LogP contribution in [0.3, 0.4) is 0 Å². The number of hydrogen-bond donors (Lipinski definition) is 1. The maximum absolute atomic E-state index is 13.3. The molecule has 0 radical (unpaired) electrons. The Hall–Kier alpha value is -3.04. The highest BCUT2D eigenvalue weighted by molar-refractivity contribution is 7.92. The van der Waals surface area contributed by atoms with Gasteiger partial charge in [-0.3, -0.25) is 9.52 Å². The van der Waals surface area contributed by atoms with Gasteiger partial charge >= 0.3 is 0 Å². The van der Waals surface area contributed by atoms with Crippen LogP contribution in [0, 0.1) is 5.82 Å². The van der Waals surface area contributed by atoms with Crippen molar-refractivity contribution in [3.05, 3.63) is 87.9 Å². The first-order valence-electron chi connectivity index (χ1n) is 9.08. The molecule has 0 saturated carbocycles. The molecule has 4 rings (SSSR count). The molecular formula is C21H18FN3O3S2. The molecule has 9 heteroatoms. The standard InChI is InChI=1S/C21H18FN3O3S2/c1-30(27,28)24-17-10-6-14(7-11-17)18-13-19(20-3-2-12-29-20)25(23-18)21(26)15-4-8-16(22)9-5-15/h2-12,19,24H,13H2,1H3. The van der Waals surface area contributed by atoms with E-state index in [1.807, 2.05) is 17.5 Å². The van der Waals surface area contributed by atoms with Crippen LogP contribution in [0.2, 0.25) is 0 Å². The van der Waals surface area contributed by atoms with Crippen molar-refractivity contribution < 1.29 is 17.6 Å². The van der Waals surface area contributed by atoms with E-state index in [0.717, 1.165) is 22.4 Å². The lowest BCUT2D eigenvalue weighted by molar-refractivity contribution is 0.0713. The number of carbonyl (C=O) groups excluding carboxylic acids is 1. The van der Waals surface area contributed by atoms with Crippen molar-refractivity contribution in [2.45, 2.75) is 12.5 Å². The molecule has 1 unspecified atom stereocenters. The quantitative estimate of drug-likeness (QED) is 0.640. The van der Waals surface area contributed by atoms with Crippen molar-refractivity contribution in [2.75, 3.05) is 11.0 Å². The van der Waals surface area contributed by atoms with E-state index in [-0.39, 0.29) is 11.9 Å². The highest BCUT2D eigenvalue weighted by Crippen LogP contribution is 2.36. The zero-order valence-corrected chi connectivity index (χ0v) is 17.6. The fraction of sp³-hybridized carbons (Fsp3) is 0.143. The number of hydrogen-bond acceptors (Lipinski definition) is 5. The second-order valence-corrected chi connectivity index (χ2v) is 9.62. The Morgan fingerprint density at radius 3 is 2.43 bits per heavy atom. The summed E-state index contributed by atoms with van der Waals surface area (Å²) in [5, 5.41) is 7.96. The summed E-state index contributed by atoms with van der Waals surface area (Å²) in [6.07, 6.45) is 1.61. The van der Waals surface area contributed by atoms with Crippen LogP contribution in [-0.4, -0.2) is 31.3 Å². The number of benzene rings is 2. The Balaban J connectivity index is 1.65. The molecule has 0 aliphatic carbocycles. The molecule has 1 aromatic heterocycles. The van der Waals surface area contributed by atoms with Crippen molar-refractivity contribution in [3.8, 4) is 0 Å². The van der Waals surface area contributed by atoms with Gasteiger partial charge in [0.15, 0.2) is 0 Å². The first-order chi connectivity index (χ1) is 14.3. The molecule has 0 saturated heterocycles. The van der Waals surface area contributed by atoms with E-state index in [4.69, 9.17) is 0 Å².